The number of rotatable bonds is 8. The molecule has 2 N–H and O–H groups in total. The second-order valence-electron chi connectivity index (χ2n) is 5.74. The van der Waals surface area contributed by atoms with Gasteiger partial charge in [0.25, 0.3) is 0 Å². The molecule has 0 fully saturated rings. The molecule has 0 bridgehead atoms. The van der Waals surface area contributed by atoms with Crippen LogP contribution in [0.15, 0.2) is 29.3 Å². The van der Waals surface area contributed by atoms with Gasteiger partial charge in [-0.2, -0.15) is 0 Å². The van der Waals surface area contributed by atoms with Crippen LogP contribution < -0.4 is 10.6 Å². The Kier molecular flexibility index (Phi) is 10.8. The second-order valence-corrected chi connectivity index (χ2v) is 7.03. The lowest BCUT2D eigenvalue weighted by atomic mass is 10.1. The average Bonchev–Trinajstić information content (AvgIpc) is 2.94. The van der Waals surface area contributed by atoms with Crippen molar-refractivity contribution in [2.24, 2.45) is 4.99 Å². The summed E-state index contributed by atoms with van der Waals surface area (Å²) in [5, 5.41) is 7.78. The van der Waals surface area contributed by atoms with Gasteiger partial charge in [-0.3, -0.25) is 0 Å². The van der Waals surface area contributed by atoms with Crippen LogP contribution in [0, 0.1) is 13.8 Å². The Morgan fingerprint density at radius 2 is 1.81 bits per heavy atom. The zero-order valence-corrected chi connectivity index (χ0v) is 19.1. The summed E-state index contributed by atoms with van der Waals surface area (Å²) in [6, 6.07) is 8.42. The summed E-state index contributed by atoms with van der Waals surface area (Å²) in [4.78, 5) is 10.4. The van der Waals surface area contributed by atoms with E-state index in [-0.39, 0.29) is 24.0 Å². The molecule has 0 aliphatic carbocycles. The monoisotopic (exact) mass is 488 g/mol. The number of aliphatic imine (C=N–C) groups is 1. The van der Waals surface area contributed by atoms with Crippen LogP contribution in [-0.4, -0.2) is 24.1 Å². The van der Waals surface area contributed by atoms with Crippen LogP contribution in [-0.2, 0) is 24.4 Å². The molecule has 2 rings (SSSR count). The zero-order chi connectivity index (χ0) is 18.1. The lowest BCUT2D eigenvalue weighted by Gasteiger charge is -2.11. The number of nitrogens with one attached hydrogen (secondary N) is 2. The van der Waals surface area contributed by atoms with E-state index in [2.05, 4.69) is 51.8 Å². The number of thiazole rings is 1. The summed E-state index contributed by atoms with van der Waals surface area (Å²) in [6.45, 7) is 11.8. The number of guanidine groups is 1. The van der Waals surface area contributed by atoms with Gasteiger partial charge in [0.1, 0.15) is 0 Å². The fourth-order valence-corrected chi connectivity index (χ4v) is 3.25. The van der Waals surface area contributed by atoms with Gasteiger partial charge in [-0.15, -0.1) is 35.3 Å². The average molecular weight is 488 g/mol. The SMILES string of the molecule is CCNC(=NCc1ccc(COCC)cc1)NCc1sc(C)nc1C.I. The Hall–Kier alpha value is -1.19. The van der Waals surface area contributed by atoms with Gasteiger partial charge in [0, 0.05) is 18.0 Å². The highest BCUT2D eigenvalue weighted by Crippen LogP contribution is 2.16. The summed E-state index contributed by atoms with van der Waals surface area (Å²) < 4.78 is 5.42. The predicted molar refractivity (Wildman–Crippen MR) is 120 cm³/mol. The maximum Gasteiger partial charge on any atom is 0.191 e. The predicted octanol–water partition coefficient (Wildman–Crippen LogP) is 4.17. The van der Waals surface area contributed by atoms with Gasteiger partial charge < -0.3 is 15.4 Å². The van der Waals surface area contributed by atoms with E-state index in [1.807, 2.05) is 20.8 Å². The van der Waals surface area contributed by atoms with Crippen LogP contribution in [0.25, 0.3) is 0 Å². The van der Waals surface area contributed by atoms with E-state index >= 15 is 0 Å². The van der Waals surface area contributed by atoms with Gasteiger partial charge in [-0.05, 0) is 38.8 Å². The summed E-state index contributed by atoms with van der Waals surface area (Å²) in [5.41, 5.74) is 3.47. The van der Waals surface area contributed by atoms with Crippen molar-refractivity contribution in [1.82, 2.24) is 15.6 Å². The normalized spacial score (nSPS) is 11.2. The molecule has 7 heteroatoms. The highest BCUT2D eigenvalue weighted by molar-refractivity contribution is 14.0. The third-order valence-electron chi connectivity index (χ3n) is 3.68. The van der Waals surface area contributed by atoms with E-state index in [0.717, 1.165) is 36.4 Å². The van der Waals surface area contributed by atoms with E-state index in [9.17, 15) is 0 Å². The molecule has 26 heavy (non-hydrogen) atoms. The molecule has 0 radical (unpaired) electrons. The molecule has 0 amide bonds. The Morgan fingerprint density at radius 3 is 2.38 bits per heavy atom. The highest BCUT2D eigenvalue weighted by Gasteiger charge is 2.05. The molecule has 2 aromatic rings. The fraction of sp³-hybridized carbons (Fsp3) is 0.474. The molecular weight excluding hydrogens is 459 g/mol. The van der Waals surface area contributed by atoms with Crippen LogP contribution in [0.1, 0.15) is 40.6 Å². The molecule has 1 aromatic carbocycles. The van der Waals surface area contributed by atoms with Crippen LogP contribution in [0.2, 0.25) is 0 Å². The molecule has 0 unspecified atom stereocenters. The topological polar surface area (TPSA) is 58.5 Å². The van der Waals surface area contributed by atoms with Crippen LogP contribution >= 0.6 is 35.3 Å². The molecule has 0 aliphatic rings. The summed E-state index contributed by atoms with van der Waals surface area (Å²) >= 11 is 1.73. The van der Waals surface area contributed by atoms with Gasteiger partial charge in [0.15, 0.2) is 5.96 Å². The van der Waals surface area contributed by atoms with Crippen molar-refractivity contribution < 1.29 is 4.74 Å². The van der Waals surface area contributed by atoms with Gasteiger partial charge >= 0.3 is 0 Å². The van der Waals surface area contributed by atoms with Gasteiger partial charge in [-0.1, -0.05) is 24.3 Å². The number of aryl methyl sites for hydroxylation is 2. The number of halogens is 1. The summed E-state index contributed by atoms with van der Waals surface area (Å²) in [7, 11) is 0. The smallest absolute Gasteiger partial charge is 0.191 e. The van der Waals surface area contributed by atoms with Crippen molar-refractivity contribution in [1.29, 1.82) is 0 Å². The summed E-state index contributed by atoms with van der Waals surface area (Å²) in [5.74, 6) is 0.825. The number of aromatic nitrogens is 1. The molecule has 1 heterocycles. The first kappa shape index (κ1) is 22.9. The van der Waals surface area contributed by atoms with Crippen molar-refractivity contribution >= 4 is 41.3 Å². The third-order valence-corrected chi connectivity index (χ3v) is 4.75. The van der Waals surface area contributed by atoms with Crippen LogP contribution in [0.5, 0.6) is 0 Å². The third kappa shape index (κ3) is 7.59. The standard InChI is InChI=1S/C19H28N4OS.HI/c1-5-20-19(22-12-18-14(3)23-15(4)25-18)21-11-16-7-9-17(10-8-16)13-24-6-2;/h7-10H,5-6,11-13H2,1-4H3,(H2,20,21,22);1H. The largest absolute Gasteiger partial charge is 0.377 e. The molecule has 144 valence electrons. The Morgan fingerprint density at radius 1 is 1.12 bits per heavy atom. The molecule has 0 atom stereocenters. The Bertz CT molecular complexity index is 685. The van der Waals surface area contributed by atoms with Crippen LogP contribution in [0.4, 0.5) is 0 Å². The first-order chi connectivity index (χ1) is 12.1. The zero-order valence-electron chi connectivity index (χ0n) is 16.0. The van der Waals surface area contributed by atoms with Crippen LogP contribution in [0.3, 0.4) is 0 Å². The summed E-state index contributed by atoms with van der Waals surface area (Å²) in [6.07, 6.45) is 0. The maximum absolute atomic E-state index is 5.42. The van der Waals surface area contributed by atoms with E-state index in [0.29, 0.717) is 13.2 Å². The molecular formula is C19H29IN4OS. The quantitative estimate of drug-likeness (QED) is 0.333. The lowest BCUT2D eigenvalue weighted by Crippen LogP contribution is -2.36. The minimum Gasteiger partial charge on any atom is -0.377 e. The van der Waals surface area contributed by atoms with Crippen molar-refractivity contribution in [2.45, 2.75) is 47.4 Å². The Balaban J connectivity index is 0.00000338. The number of ether oxygens (including phenoxy) is 1. The van der Waals surface area contributed by atoms with E-state index in [1.54, 1.807) is 11.3 Å². The minimum absolute atomic E-state index is 0. The maximum atomic E-state index is 5.42. The van der Waals surface area contributed by atoms with Gasteiger partial charge in [-0.25, -0.2) is 9.98 Å². The van der Waals surface area contributed by atoms with E-state index in [1.165, 1.54) is 16.0 Å². The number of hydrogen-bond acceptors (Lipinski definition) is 4. The molecule has 5 nitrogen and oxygen atoms in total. The fourth-order valence-electron chi connectivity index (χ4n) is 2.37. The molecule has 0 saturated carbocycles. The first-order valence-electron chi connectivity index (χ1n) is 8.73. The van der Waals surface area contributed by atoms with Crippen molar-refractivity contribution in [3.63, 3.8) is 0 Å². The second kappa shape index (κ2) is 12.2. The molecule has 0 saturated heterocycles. The highest BCUT2D eigenvalue weighted by atomic mass is 127. The van der Waals surface area contributed by atoms with Crippen molar-refractivity contribution in [3.8, 4) is 0 Å². The van der Waals surface area contributed by atoms with Crippen molar-refractivity contribution in [2.75, 3.05) is 13.2 Å². The Labute approximate surface area is 177 Å². The molecule has 0 aliphatic heterocycles. The van der Waals surface area contributed by atoms with E-state index in [4.69, 9.17) is 4.74 Å². The number of benzene rings is 1. The van der Waals surface area contributed by atoms with Gasteiger partial charge in [0.2, 0.25) is 0 Å². The number of hydrogen-bond donors (Lipinski definition) is 2. The molecule has 1 aromatic heterocycles. The minimum atomic E-state index is 0. The van der Waals surface area contributed by atoms with Gasteiger partial charge in [0.05, 0.1) is 30.4 Å². The van der Waals surface area contributed by atoms with E-state index < -0.39 is 0 Å². The molecule has 0 spiro atoms. The first-order valence-corrected chi connectivity index (χ1v) is 9.54. The lowest BCUT2D eigenvalue weighted by molar-refractivity contribution is 0.134. The van der Waals surface area contributed by atoms with Crippen molar-refractivity contribution in [3.05, 3.63) is 51.0 Å². The number of nitrogens with zero attached hydrogens (tertiary/aromatic N) is 2.